The van der Waals surface area contributed by atoms with E-state index in [1.54, 1.807) is 0 Å². The largest absolute Gasteiger partial charge is 0.416 e. The van der Waals surface area contributed by atoms with E-state index in [-0.39, 0.29) is 18.8 Å². The van der Waals surface area contributed by atoms with Gasteiger partial charge >= 0.3 is 6.18 Å². The molecule has 1 fully saturated rings. The molecule has 0 spiro atoms. The third kappa shape index (κ3) is 4.59. The van der Waals surface area contributed by atoms with Gasteiger partial charge in [-0.2, -0.15) is 13.2 Å². The summed E-state index contributed by atoms with van der Waals surface area (Å²) in [5.74, 6) is 0. The molecule has 118 valence electrons. The number of rotatable bonds is 2. The highest BCUT2D eigenvalue weighted by Crippen LogP contribution is 2.28. The van der Waals surface area contributed by atoms with E-state index < -0.39 is 17.2 Å². The quantitative estimate of drug-likeness (QED) is 0.621. The zero-order valence-corrected chi connectivity index (χ0v) is 11.8. The number of nitrogens with zero attached hydrogens (tertiary/aromatic N) is 2. The number of anilines is 1. The molecule has 0 radical (unpaired) electrons. The molecule has 0 amide bonds. The number of non-ortho nitro benzene ring substituents is 1. The summed E-state index contributed by atoms with van der Waals surface area (Å²) in [7, 11) is 0. The summed E-state index contributed by atoms with van der Waals surface area (Å²) < 4.78 is 42.4. The minimum absolute atomic E-state index is 0.0266. The Kier molecular flexibility index (Phi) is 5.95. The van der Waals surface area contributed by atoms with Gasteiger partial charge in [0.05, 0.1) is 18.1 Å². The zero-order chi connectivity index (χ0) is 16.0. The van der Waals surface area contributed by atoms with Gasteiger partial charge in [-0.3, -0.25) is 10.1 Å². The lowest BCUT2D eigenvalue weighted by Crippen LogP contribution is -2.49. The maximum absolute atomic E-state index is 12.6. The van der Waals surface area contributed by atoms with Gasteiger partial charge in [0.1, 0.15) is 0 Å². The van der Waals surface area contributed by atoms with E-state index in [1.807, 2.05) is 13.8 Å². The maximum atomic E-state index is 12.6. The molecule has 1 aliphatic heterocycles. The van der Waals surface area contributed by atoms with Crippen molar-refractivity contribution in [1.29, 1.82) is 0 Å². The predicted molar refractivity (Wildman–Crippen MR) is 72.5 cm³/mol. The van der Waals surface area contributed by atoms with Crippen LogP contribution in [0, 0.1) is 10.1 Å². The average Bonchev–Trinajstić information content (AvgIpc) is 2.49. The summed E-state index contributed by atoms with van der Waals surface area (Å²) in [6, 6.07) is 5.43. The molecule has 1 unspecified atom stereocenters. The molecule has 8 heteroatoms. The molecule has 1 atom stereocenters. The van der Waals surface area contributed by atoms with Gasteiger partial charge in [-0.1, -0.05) is 13.8 Å². The van der Waals surface area contributed by atoms with Gasteiger partial charge < -0.3 is 9.64 Å². The number of hydrogen-bond donors (Lipinski definition) is 0. The van der Waals surface area contributed by atoms with Crippen molar-refractivity contribution in [3.05, 3.63) is 34.4 Å². The fraction of sp³-hybridized carbons (Fsp3) is 0.538. The van der Waals surface area contributed by atoms with Gasteiger partial charge in [-0.25, -0.2) is 0 Å². The van der Waals surface area contributed by atoms with E-state index in [1.165, 1.54) is 29.2 Å². The number of nitro groups is 1. The second-order valence-electron chi connectivity index (χ2n) is 4.12. The lowest BCUT2D eigenvalue weighted by molar-refractivity contribution is -0.384. The first-order chi connectivity index (χ1) is 9.88. The highest BCUT2D eigenvalue weighted by Gasteiger charge is 2.43. The van der Waals surface area contributed by atoms with Crippen LogP contribution in [0.4, 0.5) is 24.5 Å². The number of ether oxygens (including phenoxy) is 1. The molecular formula is C13H17F3N2O3. The first kappa shape index (κ1) is 17.2. The molecule has 1 aliphatic rings. The molecule has 0 aliphatic carbocycles. The van der Waals surface area contributed by atoms with Crippen molar-refractivity contribution in [2.45, 2.75) is 26.1 Å². The van der Waals surface area contributed by atoms with E-state index >= 15 is 0 Å². The van der Waals surface area contributed by atoms with Crippen molar-refractivity contribution < 1.29 is 22.8 Å². The monoisotopic (exact) mass is 306 g/mol. The van der Waals surface area contributed by atoms with Gasteiger partial charge in [-0.05, 0) is 12.1 Å². The van der Waals surface area contributed by atoms with Crippen molar-refractivity contribution in [1.82, 2.24) is 0 Å². The van der Waals surface area contributed by atoms with Gasteiger partial charge in [0.15, 0.2) is 6.10 Å². The second kappa shape index (κ2) is 7.26. The Labute approximate surface area is 120 Å². The van der Waals surface area contributed by atoms with Crippen LogP contribution >= 0.6 is 0 Å². The first-order valence-corrected chi connectivity index (χ1v) is 6.55. The van der Waals surface area contributed by atoms with Crippen molar-refractivity contribution in [3.8, 4) is 0 Å². The molecule has 0 aromatic heterocycles. The molecule has 0 bridgehead atoms. The first-order valence-electron chi connectivity index (χ1n) is 6.55. The number of nitro benzene ring substituents is 1. The SMILES string of the molecule is CC.O=[N+]([O-])c1ccc(N2CCOC(C(F)(F)F)C2)cc1. The van der Waals surface area contributed by atoms with Crippen LogP contribution in [0.3, 0.4) is 0 Å². The minimum Gasteiger partial charge on any atom is -0.366 e. The van der Waals surface area contributed by atoms with E-state index in [9.17, 15) is 23.3 Å². The Morgan fingerprint density at radius 2 is 1.86 bits per heavy atom. The Morgan fingerprint density at radius 1 is 1.29 bits per heavy atom. The number of hydrogen-bond acceptors (Lipinski definition) is 4. The predicted octanol–water partition coefficient (Wildman–Crippen LogP) is 3.39. The average molecular weight is 306 g/mol. The number of halogens is 3. The molecule has 1 aromatic rings. The molecule has 1 saturated heterocycles. The van der Waals surface area contributed by atoms with Crippen LogP contribution in [0.2, 0.25) is 0 Å². The molecule has 1 aromatic carbocycles. The second-order valence-corrected chi connectivity index (χ2v) is 4.12. The van der Waals surface area contributed by atoms with E-state index in [0.717, 1.165) is 0 Å². The normalized spacial score (nSPS) is 18.7. The van der Waals surface area contributed by atoms with Crippen LogP contribution in [-0.4, -0.2) is 36.9 Å². The highest BCUT2D eigenvalue weighted by atomic mass is 19.4. The van der Waals surface area contributed by atoms with Gasteiger partial charge in [0, 0.05) is 24.4 Å². The third-order valence-corrected chi connectivity index (χ3v) is 2.86. The summed E-state index contributed by atoms with van der Waals surface area (Å²) in [4.78, 5) is 11.4. The van der Waals surface area contributed by atoms with E-state index in [4.69, 9.17) is 0 Å². The van der Waals surface area contributed by atoms with Crippen LogP contribution in [0.1, 0.15) is 13.8 Å². The molecule has 0 saturated carbocycles. The van der Waals surface area contributed by atoms with Crippen molar-refractivity contribution in [3.63, 3.8) is 0 Å². The van der Waals surface area contributed by atoms with Crippen LogP contribution in [0.15, 0.2) is 24.3 Å². The summed E-state index contributed by atoms with van der Waals surface area (Å²) >= 11 is 0. The Bertz CT molecular complexity index is 463. The van der Waals surface area contributed by atoms with Crippen molar-refractivity contribution in [2.24, 2.45) is 0 Å². The number of morpholine rings is 1. The fourth-order valence-corrected chi connectivity index (χ4v) is 1.87. The molecule has 5 nitrogen and oxygen atoms in total. The molecular weight excluding hydrogens is 289 g/mol. The Balaban J connectivity index is 0.00000106. The Hall–Kier alpha value is -1.83. The fourth-order valence-electron chi connectivity index (χ4n) is 1.87. The number of alkyl halides is 3. The van der Waals surface area contributed by atoms with Crippen molar-refractivity contribution >= 4 is 11.4 Å². The van der Waals surface area contributed by atoms with Gasteiger partial charge in [-0.15, -0.1) is 0 Å². The molecule has 2 rings (SSSR count). The topological polar surface area (TPSA) is 55.6 Å². The van der Waals surface area contributed by atoms with Crippen LogP contribution < -0.4 is 4.90 Å². The summed E-state index contributed by atoms with van der Waals surface area (Å²) in [5, 5.41) is 10.5. The van der Waals surface area contributed by atoms with Crippen LogP contribution in [0.5, 0.6) is 0 Å². The van der Waals surface area contributed by atoms with Crippen molar-refractivity contribution in [2.75, 3.05) is 24.6 Å². The van der Waals surface area contributed by atoms with E-state index in [2.05, 4.69) is 4.74 Å². The summed E-state index contributed by atoms with van der Waals surface area (Å²) in [5.41, 5.74) is 0.424. The summed E-state index contributed by atoms with van der Waals surface area (Å²) in [6.45, 7) is 3.99. The Morgan fingerprint density at radius 3 is 2.33 bits per heavy atom. The lowest BCUT2D eigenvalue weighted by atomic mass is 10.2. The third-order valence-electron chi connectivity index (χ3n) is 2.86. The lowest BCUT2D eigenvalue weighted by Gasteiger charge is -2.35. The molecule has 1 heterocycles. The highest BCUT2D eigenvalue weighted by molar-refractivity contribution is 5.51. The minimum atomic E-state index is -4.40. The van der Waals surface area contributed by atoms with Gasteiger partial charge in [0.25, 0.3) is 5.69 Å². The molecule has 0 N–H and O–H groups in total. The number of benzene rings is 1. The maximum Gasteiger partial charge on any atom is 0.416 e. The van der Waals surface area contributed by atoms with E-state index in [0.29, 0.717) is 12.2 Å². The summed E-state index contributed by atoms with van der Waals surface area (Å²) in [6.07, 6.45) is -6.23. The zero-order valence-electron chi connectivity index (χ0n) is 11.8. The van der Waals surface area contributed by atoms with Crippen LogP contribution in [-0.2, 0) is 4.74 Å². The molecule has 21 heavy (non-hydrogen) atoms. The smallest absolute Gasteiger partial charge is 0.366 e. The van der Waals surface area contributed by atoms with Crippen LogP contribution in [0.25, 0.3) is 0 Å². The van der Waals surface area contributed by atoms with Gasteiger partial charge in [0.2, 0.25) is 0 Å². The standard InChI is InChI=1S/C11H11F3N2O3.C2H6/c12-11(13,14)10-7-15(5-6-19-10)8-1-3-9(4-2-8)16(17)18;1-2/h1-4,10H,5-7H2;1-2H3.